The Morgan fingerprint density at radius 3 is 2.54 bits per heavy atom. The van der Waals surface area contributed by atoms with Crippen molar-refractivity contribution in [1.82, 2.24) is 0 Å². The number of fused-ring (bicyclic) bond motifs is 1. The quantitative estimate of drug-likeness (QED) is 0.683. The van der Waals surface area contributed by atoms with Crippen LogP contribution in [-0.4, -0.2) is 6.86 Å². The lowest BCUT2D eigenvalue weighted by Gasteiger charge is -2.02. The molecule has 0 fully saturated rings. The lowest BCUT2D eigenvalue weighted by molar-refractivity contribution is 0.192. The number of ether oxygens (including phenoxy) is 1. The van der Waals surface area contributed by atoms with Crippen LogP contribution in [0.15, 0.2) is 42.5 Å². The van der Waals surface area contributed by atoms with Crippen LogP contribution in [0.4, 0.5) is 4.39 Å². The number of hydrogen-bond acceptors (Lipinski definition) is 1. The minimum absolute atomic E-state index is 0.571. The molecule has 1 nitrogen and oxygen atoms in total. The molecule has 0 radical (unpaired) electrons. The van der Waals surface area contributed by atoms with E-state index in [4.69, 9.17) is 4.74 Å². The van der Waals surface area contributed by atoms with Crippen molar-refractivity contribution in [2.24, 2.45) is 0 Å². The molecule has 0 aliphatic carbocycles. The molecule has 0 bridgehead atoms. The SMILES string of the molecule is FCOc1ccc2ccccc2c1. The molecule has 0 aliphatic heterocycles. The molecule has 0 spiro atoms. The van der Waals surface area contributed by atoms with Gasteiger partial charge < -0.3 is 4.74 Å². The molecule has 0 atom stereocenters. The van der Waals surface area contributed by atoms with Crippen molar-refractivity contribution in [3.63, 3.8) is 0 Å². The molecule has 0 heterocycles. The average molecular weight is 176 g/mol. The van der Waals surface area contributed by atoms with E-state index in [-0.39, 0.29) is 0 Å². The van der Waals surface area contributed by atoms with Gasteiger partial charge in [0.05, 0.1) is 0 Å². The van der Waals surface area contributed by atoms with Gasteiger partial charge in [-0.1, -0.05) is 30.3 Å². The van der Waals surface area contributed by atoms with Crippen molar-refractivity contribution < 1.29 is 9.13 Å². The van der Waals surface area contributed by atoms with Crippen LogP contribution < -0.4 is 4.74 Å². The molecule has 0 saturated carbocycles. The van der Waals surface area contributed by atoms with Crippen LogP contribution in [0, 0.1) is 0 Å². The molecule has 2 aromatic rings. The molecule has 2 aromatic carbocycles. The third kappa shape index (κ3) is 1.61. The molecule has 0 N–H and O–H groups in total. The lowest BCUT2D eigenvalue weighted by Crippen LogP contribution is -1.88. The van der Waals surface area contributed by atoms with Gasteiger partial charge in [-0.3, -0.25) is 0 Å². The van der Waals surface area contributed by atoms with Crippen molar-refractivity contribution in [3.05, 3.63) is 42.5 Å². The van der Waals surface area contributed by atoms with Gasteiger partial charge in [-0.15, -0.1) is 0 Å². The number of rotatable bonds is 2. The van der Waals surface area contributed by atoms with Crippen LogP contribution in [-0.2, 0) is 0 Å². The third-order valence-corrected chi connectivity index (χ3v) is 1.94. The molecular formula is C11H9FO. The molecule has 13 heavy (non-hydrogen) atoms. The monoisotopic (exact) mass is 176 g/mol. The van der Waals surface area contributed by atoms with E-state index in [1.165, 1.54) is 0 Å². The van der Waals surface area contributed by atoms with Crippen LogP contribution in [0.3, 0.4) is 0 Å². The Morgan fingerprint density at radius 2 is 1.77 bits per heavy atom. The molecule has 0 unspecified atom stereocenters. The second kappa shape index (κ2) is 3.44. The van der Waals surface area contributed by atoms with E-state index in [9.17, 15) is 4.39 Å². The van der Waals surface area contributed by atoms with E-state index in [2.05, 4.69) is 0 Å². The fourth-order valence-corrected chi connectivity index (χ4v) is 1.32. The summed E-state index contributed by atoms with van der Waals surface area (Å²) in [5.41, 5.74) is 0. The molecule has 0 saturated heterocycles. The number of hydrogen-bond donors (Lipinski definition) is 0. The first-order valence-corrected chi connectivity index (χ1v) is 4.08. The molecule has 0 aliphatic rings. The highest BCUT2D eigenvalue weighted by molar-refractivity contribution is 5.83. The minimum Gasteiger partial charge on any atom is -0.463 e. The van der Waals surface area contributed by atoms with E-state index in [0.717, 1.165) is 10.8 Å². The normalized spacial score (nSPS) is 10.2. The summed E-state index contributed by atoms with van der Waals surface area (Å²) >= 11 is 0. The Morgan fingerprint density at radius 1 is 1.00 bits per heavy atom. The zero-order valence-corrected chi connectivity index (χ0v) is 7.03. The van der Waals surface area contributed by atoms with Gasteiger partial charge in [0.25, 0.3) is 0 Å². The minimum atomic E-state index is -0.779. The smallest absolute Gasteiger partial charge is 0.228 e. The van der Waals surface area contributed by atoms with Crippen LogP contribution >= 0.6 is 0 Å². The number of halogens is 1. The van der Waals surface area contributed by atoms with E-state index in [1.807, 2.05) is 36.4 Å². The molecule has 66 valence electrons. The maximum absolute atomic E-state index is 11.9. The van der Waals surface area contributed by atoms with Crippen molar-refractivity contribution in [1.29, 1.82) is 0 Å². The Hall–Kier alpha value is -1.57. The zero-order valence-electron chi connectivity index (χ0n) is 7.03. The highest BCUT2D eigenvalue weighted by atomic mass is 19.1. The summed E-state index contributed by atoms with van der Waals surface area (Å²) in [6, 6.07) is 13.4. The fourth-order valence-electron chi connectivity index (χ4n) is 1.32. The van der Waals surface area contributed by atoms with E-state index < -0.39 is 6.86 Å². The summed E-state index contributed by atoms with van der Waals surface area (Å²) in [7, 11) is 0. The standard InChI is InChI=1S/C11H9FO/c12-8-13-11-6-5-9-3-1-2-4-10(9)7-11/h1-7H,8H2. The fraction of sp³-hybridized carbons (Fsp3) is 0.0909. The Kier molecular flexibility index (Phi) is 2.13. The van der Waals surface area contributed by atoms with Crippen LogP contribution in [0.25, 0.3) is 10.8 Å². The molecule has 2 rings (SSSR count). The van der Waals surface area contributed by atoms with Crippen molar-refractivity contribution in [2.45, 2.75) is 0 Å². The Bertz CT molecular complexity index is 412. The van der Waals surface area contributed by atoms with Crippen molar-refractivity contribution in [3.8, 4) is 5.75 Å². The maximum Gasteiger partial charge on any atom is 0.228 e. The van der Waals surface area contributed by atoms with Gasteiger partial charge in [0.1, 0.15) is 5.75 Å². The highest BCUT2D eigenvalue weighted by Crippen LogP contribution is 2.20. The third-order valence-electron chi connectivity index (χ3n) is 1.94. The first-order chi connectivity index (χ1) is 6.40. The summed E-state index contributed by atoms with van der Waals surface area (Å²) in [5, 5.41) is 2.20. The summed E-state index contributed by atoms with van der Waals surface area (Å²) in [5.74, 6) is 0.571. The van der Waals surface area contributed by atoms with E-state index >= 15 is 0 Å². The van der Waals surface area contributed by atoms with Crippen molar-refractivity contribution >= 4 is 10.8 Å². The van der Waals surface area contributed by atoms with E-state index in [1.54, 1.807) is 6.07 Å². The van der Waals surface area contributed by atoms with Crippen molar-refractivity contribution in [2.75, 3.05) is 6.86 Å². The predicted molar refractivity (Wildman–Crippen MR) is 50.6 cm³/mol. The van der Waals surface area contributed by atoms with Gasteiger partial charge in [0.2, 0.25) is 6.86 Å². The summed E-state index contributed by atoms with van der Waals surface area (Å²) in [6.07, 6.45) is 0. The second-order valence-corrected chi connectivity index (χ2v) is 2.76. The van der Waals surface area contributed by atoms with Gasteiger partial charge in [0, 0.05) is 0 Å². The molecule has 0 amide bonds. The summed E-state index contributed by atoms with van der Waals surface area (Å²) < 4.78 is 16.6. The predicted octanol–water partition coefficient (Wildman–Crippen LogP) is 3.15. The van der Waals surface area contributed by atoms with Crippen LogP contribution in [0.1, 0.15) is 0 Å². The first kappa shape index (κ1) is 8.05. The van der Waals surface area contributed by atoms with Gasteiger partial charge in [-0.25, -0.2) is 4.39 Å². The van der Waals surface area contributed by atoms with Gasteiger partial charge in [0.15, 0.2) is 0 Å². The molecule has 2 heteroatoms. The van der Waals surface area contributed by atoms with Gasteiger partial charge in [-0.2, -0.15) is 0 Å². The average Bonchev–Trinajstić information content (AvgIpc) is 2.18. The Balaban J connectivity index is 2.49. The second-order valence-electron chi connectivity index (χ2n) is 2.76. The number of benzene rings is 2. The van der Waals surface area contributed by atoms with Crippen LogP contribution in [0.5, 0.6) is 5.75 Å². The largest absolute Gasteiger partial charge is 0.463 e. The number of alkyl halides is 1. The molecule has 0 aromatic heterocycles. The van der Waals surface area contributed by atoms with Gasteiger partial charge >= 0.3 is 0 Å². The van der Waals surface area contributed by atoms with E-state index in [0.29, 0.717) is 5.75 Å². The topological polar surface area (TPSA) is 9.23 Å². The lowest BCUT2D eigenvalue weighted by atomic mass is 10.1. The highest BCUT2D eigenvalue weighted by Gasteiger charge is 1.95. The summed E-state index contributed by atoms with van der Waals surface area (Å²) in [6.45, 7) is -0.779. The Labute approximate surface area is 75.8 Å². The van der Waals surface area contributed by atoms with Gasteiger partial charge in [-0.05, 0) is 22.9 Å². The zero-order chi connectivity index (χ0) is 9.10. The van der Waals surface area contributed by atoms with Crippen LogP contribution in [0.2, 0.25) is 0 Å². The summed E-state index contributed by atoms with van der Waals surface area (Å²) in [4.78, 5) is 0. The maximum atomic E-state index is 11.9. The first-order valence-electron chi connectivity index (χ1n) is 4.08. The molecular weight excluding hydrogens is 167 g/mol.